The van der Waals surface area contributed by atoms with Crippen LogP contribution >= 0.6 is 0 Å². The summed E-state index contributed by atoms with van der Waals surface area (Å²) in [5.41, 5.74) is 4.12. The third kappa shape index (κ3) is 9.06. The number of allylic oxidation sites excluding steroid dienone is 8. The molecule has 17 heavy (non-hydrogen) atoms. The Balaban J connectivity index is -0.000000196. The van der Waals surface area contributed by atoms with Crippen LogP contribution in [-0.4, -0.2) is 0 Å². The largest absolute Gasteiger partial charge is 4.00 e. The standard InChI is InChI=1S/2C7H9.2ClH.Zr/c1-6-3-4-7(2)5-6;1-6-4-3-5-7(6)2;;;/h3-4,6H,1-2H3;4H,5H2,1-2H3;2*1H;/q2*-1;;;+4/p-2. The first-order valence-corrected chi connectivity index (χ1v) is 5.11. The van der Waals surface area contributed by atoms with Gasteiger partial charge >= 0.3 is 26.2 Å². The van der Waals surface area contributed by atoms with Crippen molar-refractivity contribution in [3.8, 4) is 0 Å². The van der Waals surface area contributed by atoms with Crippen molar-refractivity contribution in [2.75, 3.05) is 0 Å². The van der Waals surface area contributed by atoms with Crippen molar-refractivity contribution >= 4 is 0 Å². The van der Waals surface area contributed by atoms with E-state index in [0.29, 0.717) is 5.92 Å². The Morgan fingerprint density at radius 2 is 1.76 bits per heavy atom. The van der Waals surface area contributed by atoms with Crippen LogP contribution in [-0.2, 0) is 26.2 Å². The van der Waals surface area contributed by atoms with Crippen molar-refractivity contribution in [2.45, 2.75) is 34.1 Å². The first kappa shape index (κ1) is 22.6. The Labute approximate surface area is 137 Å². The van der Waals surface area contributed by atoms with Crippen LogP contribution < -0.4 is 24.8 Å². The molecule has 2 aliphatic rings. The number of halogens is 2. The van der Waals surface area contributed by atoms with E-state index in [0.717, 1.165) is 6.42 Å². The molecule has 92 valence electrons. The third-order valence-electron chi connectivity index (χ3n) is 2.45. The summed E-state index contributed by atoms with van der Waals surface area (Å²) in [6.07, 6.45) is 13.7. The maximum Gasteiger partial charge on any atom is 4.00 e. The molecule has 2 rings (SSSR count). The van der Waals surface area contributed by atoms with Gasteiger partial charge in [0.2, 0.25) is 0 Å². The fourth-order valence-corrected chi connectivity index (χ4v) is 1.36. The Kier molecular flexibility index (Phi) is 15.3. The van der Waals surface area contributed by atoms with E-state index in [1.54, 1.807) is 0 Å². The molecule has 0 saturated heterocycles. The summed E-state index contributed by atoms with van der Waals surface area (Å²) in [7, 11) is 0. The monoisotopic (exact) mass is 346 g/mol. The summed E-state index contributed by atoms with van der Waals surface area (Å²) in [5.74, 6) is 0.556. The molecule has 0 fully saturated rings. The predicted molar refractivity (Wildman–Crippen MR) is 61.5 cm³/mol. The maximum atomic E-state index is 3.22. The van der Waals surface area contributed by atoms with Gasteiger partial charge in [-0.05, 0) is 0 Å². The second-order valence-corrected chi connectivity index (χ2v) is 3.96. The van der Waals surface area contributed by atoms with E-state index in [1.807, 2.05) is 0 Å². The van der Waals surface area contributed by atoms with Gasteiger partial charge in [0.1, 0.15) is 0 Å². The van der Waals surface area contributed by atoms with Gasteiger partial charge in [0.15, 0.2) is 0 Å². The van der Waals surface area contributed by atoms with Crippen molar-refractivity contribution < 1.29 is 51.0 Å². The molecule has 0 amide bonds. The van der Waals surface area contributed by atoms with Gasteiger partial charge < -0.3 is 24.8 Å². The molecule has 0 N–H and O–H groups in total. The van der Waals surface area contributed by atoms with Crippen LogP contribution in [0.5, 0.6) is 0 Å². The number of rotatable bonds is 0. The van der Waals surface area contributed by atoms with Crippen molar-refractivity contribution in [2.24, 2.45) is 5.92 Å². The molecule has 0 aromatic carbocycles. The van der Waals surface area contributed by atoms with Gasteiger partial charge in [0.25, 0.3) is 0 Å². The molecule has 0 saturated carbocycles. The fourth-order valence-electron chi connectivity index (χ4n) is 1.36. The summed E-state index contributed by atoms with van der Waals surface area (Å²) in [6, 6.07) is 0. The van der Waals surface area contributed by atoms with E-state index in [-0.39, 0.29) is 51.0 Å². The number of hydrogen-bond acceptors (Lipinski definition) is 0. The molecule has 3 heteroatoms. The molecule has 2 aliphatic carbocycles. The van der Waals surface area contributed by atoms with Gasteiger partial charge in [-0.25, -0.2) is 23.3 Å². The van der Waals surface area contributed by atoms with E-state index in [1.165, 1.54) is 16.7 Å². The van der Waals surface area contributed by atoms with Crippen LogP contribution in [0.3, 0.4) is 0 Å². The zero-order valence-electron chi connectivity index (χ0n) is 10.8. The molecule has 0 radical (unpaired) electrons. The molecule has 0 spiro atoms. The molecule has 0 aliphatic heterocycles. The van der Waals surface area contributed by atoms with Crippen LogP contribution in [0.4, 0.5) is 0 Å². The summed E-state index contributed by atoms with van der Waals surface area (Å²) in [4.78, 5) is 0. The number of hydrogen-bond donors (Lipinski definition) is 0. The second-order valence-electron chi connectivity index (χ2n) is 3.96. The molecule has 1 atom stereocenters. The van der Waals surface area contributed by atoms with Gasteiger partial charge in [-0.2, -0.15) is 11.6 Å². The van der Waals surface area contributed by atoms with Crippen LogP contribution in [0.15, 0.2) is 34.9 Å². The quantitative estimate of drug-likeness (QED) is 0.446. The molecule has 1 unspecified atom stereocenters. The van der Waals surface area contributed by atoms with Crippen molar-refractivity contribution in [1.82, 2.24) is 0 Å². The molecule has 0 nitrogen and oxygen atoms in total. The van der Waals surface area contributed by atoms with E-state index >= 15 is 0 Å². The van der Waals surface area contributed by atoms with Crippen LogP contribution in [0.1, 0.15) is 34.1 Å². The molecule has 0 aromatic rings. The first-order valence-electron chi connectivity index (χ1n) is 5.11. The second kappa shape index (κ2) is 11.5. The van der Waals surface area contributed by atoms with Crippen LogP contribution in [0.2, 0.25) is 0 Å². The van der Waals surface area contributed by atoms with Gasteiger partial charge in [-0.1, -0.05) is 26.7 Å². The normalized spacial score (nSPS) is 19.5. The van der Waals surface area contributed by atoms with Gasteiger partial charge in [0.05, 0.1) is 0 Å². The molecule has 0 aromatic heterocycles. The zero-order valence-corrected chi connectivity index (χ0v) is 14.7. The van der Waals surface area contributed by atoms with E-state index in [4.69, 9.17) is 0 Å². The summed E-state index contributed by atoms with van der Waals surface area (Å²) in [5, 5.41) is 0. The predicted octanol–water partition coefficient (Wildman–Crippen LogP) is -1.97. The van der Waals surface area contributed by atoms with E-state index in [2.05, 4.69) is 58.1 Å². The Morgan fingerprint density at radius 3 is 1.88 bits per heavy atom. The Morgan fingerprint density at radius 1 is 1.18 bits per heavy atom. The SMILES string of the molecule is CC1=C(C)C[C-]=C1.CC1=[C-]C(C)C=C1.[Cl-].[Cl-].[Zr+4]. The third-order valence-corrected chi connectivity index (χ3v) is 2.45. The minimum absolute atomic E-state index is 0. The molecular formula is C14H18Cl2Zr. The average Bonchev–Trinajstić information content (AvgIpc) is 2.65. The molecule has 0 bridgehead atoms. The van der Waals surface area contributed by atoms with Crippen molar-refractivity contribution in [1.29, 1.82) is 0 Å². The summed E-state index contributed by atoms with van der Waals surface area (Å²) >= 11 is 0. The zero-order chi connectivity index (χ0) is 10.6. The van der Waals surface area contributed by atoms with Gasteiger partial charge in [-0.3, -0.25) is 12.2 Å². The van der Waals surface area contributed by atoms with Crippen LogP contribution in [0.25, 0.3) is 0 Å². The fraction of sp³-hybridized carbons (Fsp3) is 0.429. The first-order chi connectivity index (χ1) is 6.59. The van der Waals surface area contributed by atoms with Gasteiger partial charge in [0, 0.05) is 0 Å². The molecule has 0 heterocycles. The maximum absolute atomic E-state index is 3.22. The summed E-state index contributed by atoms with van der Waals surface area (Å²) < 4.78 is 0. The smallest absolute Gasteiger partial charge is 1.00 e. The van der Waals surface area contributed by atoms with E-state index < -0.39 is 0 Å². The van der Waals surface area contributed by atoms with E-state index in [9.17, 15) is 0 Å². The summed E-state index contributed by atoms with van der Waals surface area (Å²) in [6.45, 7) is 8.47. The van der Waals surface area contributed by atoms with Gasteiger partial charge in [-0.15, -0.1) is 13.3 Å². The minimum atomic E-state index is 0. The minimum Gasteiger partial charge on any atom is -1.00 e. The van der Waals surface area contributed by atoms with Crippen LogP contribution in [0, 0.1) is 18.1 Å². The average molecular weight is 348 g/mol. The van der Waals surface area contributed by atoms with Crippen molar-refractivity contribution in [3.05, 3.63) is 47.1 Å². The Bertz CT molecular complexity index is 325. The Hall–Kier alpha value is 0.423. The van der Waals surface area contributed by atoms with Crippen molar-refractivity contribution in [3.63, 3.8) is 0 Å². The molecular weight excluding hydrogens is 330 g/mol. The topological polar surface area (TPSA) is 0 Å².